The molecule has 0 spiro atoms. The number of halogens is 1. The van der Waals surface area contributed by atoms with Crippen LogP contribution in [0.5, 0.6) is 11.5 Å². The summed E-state index contributed by atoms with van der Waals surface area (Å²) in [6.45, 7) is 3.55. The molecule has 2 aliphatic heterocycles. The van der Waals surface area contributed by atoms with E-state index < -0.39 is 0 Å². The molecule has 0 bridgehead atoms. The number of aryl methyl sites for hydroxylation is 1. The van der Waals surface area contributed by atoms with E-state index in [0.29, 0.717) is 43.2 Å². The number of anilines is 1. The van der Waals surface area contributed by atoms with Crippen LogP contribution < -0.4 is 20.5 Å². The fourth-order valence-electron chi connectivity index (χ4n) is 3.09. The lowest BCUT2D eigenvalue weighted by Gasteiger charge is -2.12. The van der Waals surface area contributed by atoms with Gasteiger partial charge in [-0.15, -0.1) is 24.0 Å². The third kappa shape index (κ3) is 5.04. The van der Waals surface area contributed by atoms with Crippen LogP contribution in [0.3, 0.4) is 0 Å². The van der Waals surface area contributed by atoms with Gasteiger partial charge in [0.05, 0.1) is 25.9 Å². The summed E-state index contributed by atoms with van der Waals surface area (Å²) in [7, 11) is 0. The zero-order valence-corrected chi connectivity index (χ0v) is 17.9. The van der Waals surface area contributed by atoms with Gasteiger partial charge in [0, 0.05) is 18.2 Å². The zero-order chi connectivity index (χ0) is 18.6. The predicted octanol–water partition coefficient (Wildman–Crippen LogP) is 2.80. The normalized spacial score (nSPS) is 21.7. The summed E-state index contributed by atoms with van der Waals surface area (Å²) in [5, 5.41) is 6.88. The highest BCUT2D eigenvalue weighted by molar-refractivity contribution is 14.0. The van der Waals surface area contributed by atoms with Gasteiger partial charge in [0.15, 0.2) is 23.3 Å². The zero-order valence-electron chi connectivity index (χ0n) is 15.6. The standard InChI is InChI=1S/C18H23N5O4.HI/c1-11-21-17(27-23-11)15-6-4-13(26-15)10-20-18(19)22-12-3-5-14-16(9-12)25-8-2-7-24-14;/h3,5,9,13,15H,2,4,6-8,10H2,1H3,(H3,19,20,22);1H/t13-,15+;/m1./s1. The smallest absolute Gasteiger partial charge is 0.255 e. The Hall–Kier alpha value is -2.08. The van der Waals surface area contributed by atoms with E-state index in [1.54, 1.807) is 6.92 Å². The van der Waals surface area contributed by atoms with Crippen LogP contribution in [0.15, 0.2) is 27.7 Å². The quantitative estimate of drug-likeness (QED) is 0.373. The molecule has 10 heteroatoms. The Bertz CT molecular complexity index is 828. The Morgan fingerprint density at radius 1 is 1.25 bits per heavy atom. The molecular formula is C18H24IN5O4. The molecule has 2 atom stereocenters. The molecule has 9 nitrogen and oxygen atoms in total. The number of aromatic nitrogens is 2. The Morgan fingerprint density at radius 2 is 2.07 bits per heavy atom. The number of fused-ring (bicyclic) bond motifs is 1. The Balaban J connectivity index is 0.00000225. The number of benzene rings is 1. The Labute approximate surface area is 180 Å². The van der Waals surface area contributed by atoms with E-state index in [0.717, 1.165) is 30.7 Å². The first kappa shape index (κ1) is 20.6. The van der Waals surface area contributed by atoms with Gasteiger partial charge in [-0.1, -0.05) is 5.16 Å². The van der Waals surface area contributed by atoms with Gasteiger partial charge in [0.2, 0.25) is 0 Å². The van der Waals surface area contributed by atoms with Gasteiger partial charge in [-0.05, 0) is 31.9 Å². The number of hydrogen-bond donors (Lipinski definition) is 2. The second-order valence-corrected chi connectivity index (χ2v) is 6.57. The van der Waals surface area contributed by atoms with Crippen LogP contribution in [0.1, 0.15) is 37.1 Å². The van der Waals surface area contributed by atoms with Crippen molar-refractivity contribution in [2.75, 3.05) is 25.1 Å². The lowest BCUT2D eigenvalue weighted by atomic mass is 10.2. The predicted molar refractivity (Wildman–Crippen MR) is 113 cm³/mol. The summed E-state index contributed by atoms with van der Waals surface area (Å²) in [6.07, 6.45) is 2.38. The number of nitrogens with zero attached hydrogens (tertiary/aromatic N) is 3. The number of ether oxygens (including phenoxy) is 3. The molecule has 1 aromatic carbocycles. The molecule has 3 N–H and O–H groups in total. The molecule has 0 saturated carbocycles. The van der Waals surface area contributed by atoms with Gasteiger partial charge in [0.25, 0.3) is 5.89 Å². The fourth-order valence-corrected chi connectivity index (χ4v) is 3.09. The largest absolute Gasteiger partial charge is 0.490 e. The van der Waals surface area contributed by atoms with E-state index in [1.807, 2.05) is 18.2 Å². The minimum Gasteiger partial charge on any atom is -0.490 e. The first-order valence-corrected chi connectivity index (χ1v) is 9.09. The van der Waals surface area contributed by atoms with E-state index in [4.69, 9.17) is 24.5 Å². The van der Waals surface area contributed by atoms with E-state index >= 15 is 0 Å². The molecule has 1 saturated heterocycles. The number of nitrogens with one attached hydrogen (secondary N) is 1. The van der Waals surface area contributed by atoms with Crippen LogP contribution in [0.4, 0.5) is 5.69 Å². The van der Waals surface area contributed by atoms with E-state index in [1.165, 1.54) is 0 Å². The van der Waals surface area contributed by atoms with Crippen molar-refractivity contribution in [1.29, 1.82) is 0 Å². The summed E-state index contributed by atoms with van der Waals surface area (Å²) in [6, 6.07) is 5.62. The monoisotopic (exact) mass is 501 g/mol. The molecule has 1 aromatic heterocycles. The first-order chi connectivity index (χ1) is 13.2. The lowest BCUT2D eigenvalue weighted by Crippen LogP contribution is -2.24. The van der Waals surface area contributed by atoms with Crippen LogP contribution in [0.25, 0.3) is 0 Å². The summed E-state index contributed by atoms with van der Waals surface area (Å²) in [4.78, 5) is 8.61. The SMILES string of the molecule is Cc1noc([C@@H]2CC[C@H](CN=C(N)Nc3ccc4c(c3)OCCCO4)O2)n1.I. The lowest BCUT2D eigenvalue weighted by molar-refractivity contribution is 0.0309. The highest BCUT2D eigenvalue weighted by Crippen LogP contribution is 2.33. The molecule has 3 heterocycles. The highest BCUT2D eigenvalue weighted by Gasteiger charge is 2.30. The molecule has 2 aromatic rings. The molecule has 0 unspecified atom stereocenters. The summed E-state index contributed by atoms with van der Waals surface area (Å²) < 4.78 is 22.4. The molecule has 0 amide bonds. The fraction of sp³-hybridized carbons (Fsp3) is 0.500. The van der Waals surface area contributed by atoms with E-state index in [-0.39, 0.29) is 36.2 Å². The average Bonchev–Trinajstić information content (AvgIpc) is 3.23. The van der Waals surface area contributed by atoms with Gasteiger partial charge in [-0.25, -0.2) is 0 Å². The number of guanidine groups is 1. The van der Waals surface area contributed by atoms with E-state index in [9.17, 15) is 0 Å². The van der Waals surface area contributed by atoms with Crippen LogP contribution in [0.2, 0.25) is 0 Å². The number of hydrogen-bond acceptors (Lipinski definition) is 7. The number of rotatable bonds is 4. The second kappa shape index (κ2) is 9.41. The molecule has 4 rings (SSSR count). The average molecular weight is 501 g/mol. The Morgan fingerprint density at radius 3 is 2.86 bits per heavy atom. The maximum Gasteiger partial charge on any atom is 0.255 e. The number of aliphatic imine (C=N–C) groups is 1. The number of nitrogens with two attached hydrogens (primary N) is 1. The van der Waals surface area contributed by atoms with Gasteiger partial charge >= 0.3 is 0 Å². The van der Waals surface area contributed by atoms with Crippen LogP contribution in [-0.2, 0) is 4.74 Å². The summed E-state index contributed by atoms with van der Waals surface area (Å²) >= 11 is 0. The van der Waals surface area contributed by atoms with Crippen molar-refractivity contribution >= 4 is 35.6 Å². The van der Waals surface area contributed by atoms with Crippen molar-refractivity contribution in [3.8, 4) is 11.5 Å². The molecule has 1 fully saturated rings. The van der Waals surface area contributed by atoms with Gasteiger partial charge in [-0.2, -0.15) is 4.98 Å². The minimum atomic E-state index is -0.165. The molecule has 152 valence electrons. The molecular weight excluding hydrogens is 477 g/mol. The summed E-state index contributed by atoms with van der Waals surface area (Å²) in [5.74, 6) is 2.92. The van der Waals surface area contributed by atoms with Crippen molar-refractivity contribution in [2.45, 2.75) is 38.4 Å². The highest BCUT2D eigenvalue weighted by atomic mass is 127. The minimum absolute atomic E-state index is 0. The van der Waals surface area contributed by atoms with Crippen molar-refractivity contribution in [2.24, 2.45) is 10.7 Å². The maximum atomic E-state index is 6.01. The van der Waals surface area contributed by atoms with Crippen molar-refractivity contribution in [1.82, 2.24) is 10.1 Å². The van der Waals surface area contributed by atoms with Gasteiger partial charge in [0.1, 0.15) is 6.10 Å². The Kier molecular flexibility index (Phi) is 6.94. The van der Waals surface area contributed by atoms with Crippen molar-refractivity contribution < 1.29 is 18.7 Å². The maximum absolute atomic E-state index is 6.01. The molecule has 0 radical (unpaired) electrons. The van der Waals surface area contributed by atoms with Crippen LogP contribution >= 0.6 is 24.0 Å². The first-order valence-electron chi connectivity index (χ1n) is 9.09. The van der Waals surface area contributed by atoms with Crippen LogP contribution in [0, 0.1) is 6.92 Å². The van der Waals surface area contributed by atoms with Crippen molar-refractivity contribution in [3.63, 3.8) is 0 Å². The third-order valence-corrected chi connectivity index (χ3v) is 4.41. The second-order valence-electron chi connectivity index (χ2n) is 6.57. The molecule has 0 aliphatic carbocycles. The topological polar surface area (TPSA) is 117 Å². The molecule has 2 aliphatic rings. The van der Waals surface area contributed by atoms with E-state index in [2.05, 4.69) is 20.4 Å². The van der Waals surface area contributed by atoms with Crippen molar-refractivity contribution in [3.05, 3.63) is 29.9 Å². The van der Waals surface area contributed by atoms with Crippen LogP contribution in [-0.4, -0.2) is 42.0 Å². The molecule has 28 heavy (non-hydrogen) atoms. The third-order valence-electron chi connectivity index (χ3n) is 4.41. The van der Waals surface area contributed by atoms with Gasteiger partial charge in [-0.3, -0.25) is 4.99 Å². The van der Waals surface area contributed by atoms with Gasteiger partial charge < -0.3 is 29.8 Å². The summed E-state index contributed by atoms with van der Waals surface area (Å²) in [5.41, 5.74) is 6.81.